The normalized spacial score (nSPS) is 14.9. The first kappa shape index (κ1) is 21.7. The first-order valence-corrected chi connectivity index (χ1v) is 11.0. The number of nitrogens with zero attached hydrogens (tertiary/aromatic N) is 1. The largest absolute Gasteiger partial charge is 0.406 e. The predicted octanol–water partition coefficient (Wildman–Crippen LogP) is 4.13. The van der Waals surface area contributed by atoms with E-state index >= 15 is 0 Å². The molecule has 0 saturated heterocycles. The second-order valence-electron chi connectivity index (χ2n) is 6.94. The van der Waals surface area contributed by atoms with Crippen LogP contribution in [0.1, 0.15) is 28.3 Å². The lowest BCUT2D eigenvalue weighted by Gasteiger charge is -2.28. The van der Waals surface area contributed by atoms with Gasteiger partial charge < -0.3 is 5.73 Å². The third-order valence-corrected chi connectivity index (χ3v) is 7.25. The lowest BCUT2D eigenvalue weighted by Crippen LogP contribution is -2.51. The Morgan fingerprint density at radius 3 is 2.34 bits per heavy atom. The average molecular weight is 444 g/mol. The fourth-order valence-corrected chi connectivity index (χ4v) is 6.06. The average Bonchev–Trinajstić information content (AvgIpc) is 3.05. The SMILES string of the molecule is Cc1cc(C)c(S(=O)(=O)NC(C(N)c2cccc3ncsc23)C(F)(F)F)c(C)c1. The molecule has 1 aromatic heterocycles. The molecule has 0 fully saturated rings. The van der Waals surface area contributed by atoms with E-state index < -0.39 is 28.3 Å². The highest BCUT2D eigenvalue weighted by atomic mass is 32.2. The van der Waals surface area contributed by atoms with Crippen molar-refractivity contribution < 1.29 is 21.6 Å². The zero-order valence-corrected chi connectivity index (χ0v) is 17.5. The summed E-state index contributed by atoms with van der Waals surface area (Å²) in [6.07, 6.45) is -4.90. The van der Waals surface area contributed by atoms with E-state index in [9.17, 15) is 21.6 Å². The van der Waals surface area contributed by atoms with E-state index in [0.29, 0.717) is 21.3 Å². The third kappa shape index (κ3) is 4.30. The van der Waals surface area contributed by atoms with Gasteiger partial charge >= 0.3 is 6.18 Å². The highest BCUT2D eigenvalue weighted by Crippen LogP contribution is 2.35. The van der Waals surface area contributed by atoms with Gasteiger partial charge in [-0.05, 0) is 43.5 Å². The van der Waals surface area contributed by atoms with E-state index in [1.165, 1.54) is 11.6 Å². The molecule has 0 saturated carbocycles. The molecule has 0 radical (unpaired) electrons. The minimum atomic E-state index is -4.90. The molecule has 0 amide bonds. The van der Waals surface area contributed by atoms with E-state index in [1.807, 2.05) is 4.72 Å². The number of alkyl halides is 3. The Balaban J connectivity index is 2.06. The first-order valence-electron chi connectivity index (χ1n) is 8.66. The van der Waals surface area contributed by atoms with Gasteiger partial charge in [-0.15, -0.1) is 11.3 Å². The van der Waals surface area contributed by atoms with Crippen LogP contribution >= 0.6 is 11.3 Å². The van der Waals surface area contributed by atoms with E-state index in [-0.39, 0.29) is 10.5 Å². The molecule has 10 heteroatoms. The monoisotopic (exact) mass is 443 g/mol. The second-order valence-corrected chi connectivity index (χ2v) is 9.45. The number of nitrogens with two attached hydrogens (primary N) is 1. The summed E-state index contributed by atoms with van der Waals surface area (Å²) >= 11 is 1.16. The second kappa shape index (κ2) is 7.67. The van der Waals surface area contributed by atoms with Crippen LogP contribution in [-0.4, -0.2) is 25.6 Å². The number of fused-ring (bicyclic) bond motifs is 1. The molecule has 0 aliphatic carbocycles. The first-order chi connectivity index (χ1) is 13.4. The Morgan fingerprint density at radius 2 is 1.76 bits per heavy atom. The summed E-state index contributed by atoms with van der Waals surface area (Å²) < 4.78 is 69.8. The van der Waals surface area contributed by atoms with Crippen molar-refractivity contribution in [3.8, 4) is 0 Å². The van der Waals surface area contributed by atoms with E-state index in [4.69, 9.17) is 5.73 Å². The molecule has 29 heavy (non-hydrogen) atoms. The predicted molar refractivity (Wildman–Crippen MR) is 107 cm³/mol. The fraction of sp³-hybridized carbons (Fsp3) is 0.316. The van der Waals surface area contributed by atoms with Crippen molar-refractivity contribution >= 4 is 31.6 Å². The summed E-state index contributed by atoms with van der Waals surface area (Å²) in [7, 11) is -4.48. The van der Waals surface area contributed by atoms with Crippen LogP contribution in [0, 0.1) is 20.8 Å². The molecule has 2 atom stereocenters. The lowest BCUT2D eigenvalue weighted by atomic mass is 10.00. The summed E-state index contributed by atoms with van der Waals surface area (Å²) in [6, 6.07) is 3.76. The van der Waals surface area contributed by atoms with Gasteiger partial charge in [0.25, 0.3) is 0 Å². The Bertz CT molecular complexity index is 1130. The Morgan fingerprint density at radius 1 is 1.14 bits per heavy atom. The van der Waals surface area contributed by atoms with Crippen LogP contribution in [-0.2, 0) is 10.0 Å². The minimum Gasteiger partial charge on any atom is -0.322 e. The molecule has 0 aliphatic rings. The number of benzene rings is 2. The highest BCUT2D eigenvalue weighted by Gasteiger charge is 2.47. The van der Waals surface area contributed by atoms with Crippen LogP contribution < -0.4 is 10.5 Å². The molecule has 156 valence electrons. The number of nitrogens with one attached hydrogen (secondary N) is 1. The number of rotatable bonds is 5. The quantitative estimate of drug-likeness (QED) is 0.621. The molecular formula is C19H20F3N3O2S2. The summed E-state index contributed by atoms with van der Waals surface area (Å²) in [4.78, 5) is 3.91. The third-order valence-electron chi connectivity index (χ3n) is 4.61. The van der Waals surface area contributed by atoms with Crippen molar-refractivity contribution in [2.45, 2.75) is 43.9 Å². The highest BCUT2D eigenvalue weighted by molar-refractivity contribution is 7.89. The molecular weight excluding hydrogens is 423 g/mol. The summed E-state index contributed by atoms with van der Waals surface area (Å²) in [5.74, 6) is 0. The smallest absolute Gasteiger partial charge is 0.322 e. The number of thiazole rings is 1. The maximum Gasteiger partial charge on any atom is 0.406 e. The summed E-state index contributed by atoms with van der Waals surface area (Å²) in [6.45, 7) is 4.89. The number of sulfonamides is 1. The molecule has 2 unspecified atom stereocenters. The number of hydrogen-bond donors (Lipinski definition) is 2. The molecule has 3 aromatic rings. The van der Waals surface area contributed by atoms with E-state index in [2.05, 4.69) is 4.98 Å². The summed E-state index contributed by atoms with van der Waals surface area (Å²) in [5, 5.41) is 0. The van der Waals surface area contributed by atoms with Crippen molar-refractivity contribution in [1.82, 2.24) is 9.71 Å². The topological polar surface area (TPSA) is 85.1 Å². The molecule has 2 aromatic carbocycles. The van der Waals surface area contributed by atoms with Crippen LogP contribution in [0.4, 0.5) is 13.2 Å². The molecule has 1 heterocycles. The number of aryl methyl sites for hydroxylation is 3. The molecule has 0 bridgehead atoms. The van der Waals surface area contributed by atoms with Gasteiger partial charge in [0.05, 0.1) is 26.7 Å². The molecule has 0 aliphatic heterocycles. The van der Waals surface area contributed by atoms with Crippen molar-refractivity contribution in [2.24, 2.45) is 5.73 Å². The van der Waals surface area contributed by atoms with Gasteiger partial charge in [-0.3, -0.25) is 0 Å². The zero-order chi connectivity index (χ0) is 21.6. The van der Waals surface area contributed by atoms with Gasteiger partial charge in [0.1, 0.15) is 6.04 Å². The van der Waals surface area contributed by atoms with Crippen molar-refractivity contribution in [2.75, 3.05) is 0 Å². The van der Waals surface area contributed by atoms with Gasteiger partial charge in [0.15, 0.2) is 0 Å². The Kier molecular flexibility index (Phi) is 5.74. The van der Waals surface area contributed by atoms with Crippen molar-refractivity contribution in [3.05, 3.63) is 58.1 Å². The fourth-order valence-electron chi connectivity index (χ4n) is 3.51. The van der Waals surface area contributed by atoms with Crippen molar-refractivity contribution in [3.63, 3.8) is 0 Å². The molecule has 3 rings (SSSR count). The van der Waals surface area contributed by atoms with Crippen LogP contribution in [0.5, 0.6) is 0 Å². The van der Waals surface area contributed by atoms with Crippen LogP contribution in [0.3, 0.4) is 0 Å². The molecule has 5 nitrogen and oxygen atoms in total. The van der Waals surface area contributed by atoms with Crippen LogP contribution in [0.25, 0.3) is 10.2 Å². The van der Waals surface area contributed by atoms with Gasteiger partial charge in [0, 0.05) is 0 Å². The number of halogens is 3. The summed E-state index contributed by atoms with van der Waals surface area (Å²) in [5.41, 5.74) is 9.73. The Labute approximate surface area is 170 Å². The van der Waals surface area contributed by atoms with E-state index in [1.54, 1.807) is 45.0 Å². The van der Waals surface area contributed by atoms with E-state index in [0.717, 1.165) is 16.9 Å². The van der Waals surface area contributed by atoms with Gasteiger partial charge in [-0.25, -0.2) is 13.4 Å². The lowest BCUT2D eigenvalue weighted by molar-refractivity contribution is -0.156. The van der Waals surface area contributed by atoms with Gasteiger partial charge in [-0.1, -0.05) is 29.8 Å². The Hall–Kier alpha value is -2.01. The van der Waals surface area contributed by atoms with Crippen LogP contribution in [0.2, 0.25) is 0 Å². The minimum absolute atomic E-state index is 0.166. The standard InChI is InChI=1S/C19H20F3N3O2S2/c1-10-7-11(2)17(12(3)8-10)29(26,27)25-18(19(20,21)22)15(23)13-5-4-6-14-16(13)28-9-24-14/h4-9,15,18,25H,23H2,1-3H3. The molecule has 3 N–H and O–H groups in total. The molecule has 0 spiro atoms. The zero-order valence-electron chi connectivity index (χ0n) is 15.9. The van der Waals surface area contributed by atoms with Crippen molar-refractivity contribution in [1.29, 1.82) is 0 Å². The number of aromatic nitrogens is 1. The van der Waals surface area contributed by atoms with Crippen LogP contribution in [0.15, 0.2) is 40.7 Å². The van der Waals surface area contributed by atoms with Gasteiger partial charge in [0.2, 0.25) is 10.0 Å². The maximum absolute atomic E-state index is 13.9. The van der Waals surface area contributed by atoms with Gasteiger partial charge in [-0.2, -0.15) is 17.9 Å². The maximum atomic E-state index is 13.9. The number of hydrogen-bond acceptors (Lipinski definition) is 5.